The van der Waals surface area contributed by atoms with Gasteiger partial charge in [0.1, 0.15) is 0 Å². The minimum atomic E-state index is -1.59. The molecule has 0 heterocycles. The van der Waals surface area contributed by atoms with Crippen LogP contribution in [0.15, 0.2) is 42.0 Å². The third-order valence-corrected chi connectivity index (χ3v) is 21.6. The summed E-state index contributed by atoms with van der Waals surface area (Å²) in [7, 11) is 0. The Morgan fingerprint density at radius 1 is 0.818 bits per heavy atom. The van der Waals surface area contributed by atoms with Crippen LogP contribution in [-0.4, -0.2) is 5.43 Å². The van der Waals surface area contributed by atoms with Gasteiger partial charge in [-0.25, -0.2) is 0 Å². The zero-order valence-corrected chi connectivity index (χ0v) is 19.8. The van der Waals surface area contributed by atoms with Crippen molar-refractivity contribution in [3.05, 3.63) is 42.0 Å². The minimum Gasteiger partial charge on any atom is -0.147 e. The van der Waals surface area contributed by atoms with E-state index >= 15 is 0 Å². The standard InChI is InChI=1S/2C8H11.C2H6Si.2ClH.Zr/c2*1-7(2)8-5-3-4-6-8;1-3-2;;;/h2*3,5,7H,4H2,1-2H3;1-2H3;2*1H;. The Morgan fingerprint density at radius 3 is 1.45 bits per heavy atom. The van der Waals surface area contributed by atoms with Crippen molar-refractivity contribution < 1.29 is 20.4 Å². The van der Waals surface area contributed by atoms with Crippen molar-refractivity contribution in [2.45, 2.75) is 53.6 Å². The van der Waals surface area contributed by atoms with Crippen molar-refractivity contribution in [1.82, 2.24) is 0 Å². The van der Waals surface area contributed by atoms with Gasteiger partial charge >= 0.3 is 133 Å². The summed E-state index contributed by atoms with van der Waals surface area (Å²) < 4.78 is 3.86. The third-order valence-electron chi connectivity index (χ3n) is 4.28. The van der Waals surface area contributed by atoms with Crippen LogP contribution in [0.5, 0.6) is 0 Å². The smallest absolute Gasteiger partial charge is 0.147 e. The van der Waals surface area contributed by atoms with Crippen molar-refractivity contribution in [2.24, 2.45) is 11.8 Å². The minimum absolute atomic E-state index is 0. The molecule has 0 saturated carbocycles. The summed E-state index contributed by atoms with van der Waals surface area (Å²) in [6.07, 6.45) is 12.3. The van der Waals surface area contributed by atoms with Gasteiger partial charge < -0.3 is 0 Å². The van der Waals surface area contributed by atoms with Gasteiger partial charge in [-0.1, -0.05) is 0 Å². The summed E-state index contributed by atoms with van der Waals surface area (Å²) in [6, 6.07) is 0. The van der Waals surface area contributed by atoms with Crippen LogP contribution in [0.1, 0.15) is 40.5 Å². The molecule has 2 aliphatic carbocycles. The predicted molar refractivity (Wildman–Crippen MR) is 103 cm³/mol. The molecule has 0 aliphatic heterocycles. The van der Waals surface area contributed by atoms with E-state index < -0.39 is 20.4 Å². The molecule has 0 fully saturated rings. The molecule has 0 bridgehead atoms. The monoisotopic (exact) mass is 434 g/mol. The Balaban J connectivity index is 0.00000220. The summed E-state index contributed by atoms with van der Waals surface area (Å²) in [6.45, 7) is 14.6. The fourth-order valence-corrected chi connectivity index (χ4v) is 22.2. The number of hydrogen-bond acceptors (Lipinski definition) is 0. The first-order valence-corrected chi connectivity index (χ1v) is 16.5. The number of rotatable bonds is 4. The van der Waals surface area contributed by atoms with E-state index in [2.05, 4.69) is 65.1 Å². The van der Waals surface area contributed by atoms with Gasteiger partial charge in [-0.3, -0.25) is 0 Å². The van der Waals surface area contributed by atoms with Crippen LogP contribution in [-0.2, 0) is 20.4 Å². The van der Waals surface area contributed by atoms with Crippen molar-refractivity contribution in [2.75, 3.05) is 0 Å². The molecule has 0 saturated heterocycles. The Labute approximate surface area is 157 Å². The summed E-state index contributed by atoms with van der Waals surface area (Å²) in [5.41, 5.74) is 3.23. The Bertz CT molecular complexity index is 516. The summed E-state index contributed by atoms with van der Waals surface area (Å²) in [4.78, 5) is 0. The van der Waals surface area contributed by atoms with Crippen molar-refractivity contribution in [1.29, 1.82) is 0 Å². The van der Waals surface area contributed by atoms with Gasteiger partial charge in [0, 0.05) is 0 Å². The van der Waals surface area contributed by atoms with E-state index in [0.717, 1.165) is 0 Å². The van der Waals surface area contributed by atoms with E-state index in [9.17, 15) is 0 Å². The summed E-state index contributed by atoms with van der Waals surface area (Å²) in [5.74, 6) is 1.41. The zero-order chi connectivity index (χ0) is 14.9. The van der Waals surface area contributed by atoms with Crippen LogP contribution in [0.4, 0.5) is 0 Å². The Kier molecular flexibility index (Phi) is 10.1. The third kappa shape index (κ3) is 4.82. The molecule has 0 aromatic rings. The van der Waals surface area contributed by atoms with Crippen LogP contribution in [0, 0.1) is 11.8 Å². The molecule has 0 radical (unpaired) electrons. The summed E-state index contributed by atoms with van der Waals surface area (Å²) >= 11 is -1.59. The second-order valence-corrected chi connectivity index (χ2v) is 23.9. The van der Waals surface area contributed by atoms with Crippen LogP contribution < -0.4 is 0 Å². The summed E-state index contributed by atoms with van der Waals surface area (Å²) in [5, 5.41) is 0. The van der Waals surface area contributed by atoms with Crippen LogP contribution >= 0.6 is 24.8 Å². The predicted octanol–water partition coefficient (Wildman–Crippen LogP) is 6.44. The van der Waals surface area contributed by atoms with E-state index in [1.807, 2.05) is 6.56 Å². The van der Waals surface area contributed by atoms with Crippen LogP contribution in [0.2, 0.25) is 13.1 Å². The van der Waals surface area contributed by atoms with Gasteiger partial charge in [-0.15, -0.1) is 24.8 Å². The second-order valence-electron chi connectivity index (χ2n) is 6.77. The first-order valence-electron chi connectivity index (χ1n) is 7.90. The fraction of sp³-hybridized carbons (Fsp3) is 0.556. The molecular weight excluding hydrogens is 406 g/mol. The molecule has 0 aromatic heterocycles. The number of halogens is 2. The first kappa shape index (κ1) is 22.6. The topological polar surface area (TPSA) is 0 Å². The molecule has 0 amide bonds. The van der Waals surface area contributed by atoms with E-state index in [0.29, 0.717) is 11.8 Å². The maximum atomic E-state index is 2.58. The second kappa shape index (κ2) is 9.82. The molecule has 0 nitrogen and oxygen atoms in total. The molecule has 124 valence electrons. The van der Waals surface area contributed by atoms with Crippen molar-refractivity contribution in [3.63, 3.8) is 0 Å². The molecule has 4 heteroatoms. The van der Waals surface area contributed by atoms with E-state index in [1.165, 1.54) is 12.8 Å². The van der Waals surface area contributed by atoms with Crippen molar-refractivity contribution in [3.8, 4) is 0 Å². The SMILES string of the molecule is CC(C)C1=[C]([Zr]([C]2=C(C(C)C)C=CC2)=[Si](C)C)CC=C1.Cl.Cl. The largest absolute Gasteiger partial charge is 0.147 e. The molecular formula is C18H30Cl2SiZr. The molecule has 0 atom stereocenters. The van der Waals surface area contributed by atoms with Gasteiger partial charge in [0.15, 0.2) is 0 Å². The molecule has 0 unspecified atom stereocenters. The quantitative estimate of drug-likeness (QED) is 0.445. The van der Waals surface area contributed by atoms with Crippen LogP contribution in [0.3, 0.4) is 0 Å². The molecule has 2 rings (SSSR count). The van der Waals surface area contributed by atoms with Gasteiger partial charge in [0.2, 0.25) is 0 Å². The average Bonchev–Trinajstić information content (AvgIpc) is 2.97. The van der Waals surface area contributed by atoms with E-state index in [1.54, 1.807) is 11.1 Å². The van der Waals surface area contributed by atoms with Gasteiger partial charge in [-0.2, -0.15) is 0 Å². The normalized spacial score (nSPS) is 16.5. The first-order chi connectivity index (χ1) is 9.43. The molecule has 0 N–H and O–H groups in total. The molecule has 22 heavy (non-hydrogen) atoms. The van der Waals surface area contributed by atoms with Crippen molar-refractivity contribution >= 4 is 30.2 Å². The van der Waals surface area contributed by atoms with E-state index in [-0.39, 0.29) is 30.2 Å². The zero-order valence-electron chi connectivity index (χ0n) is 14.7. The van der Waals surface area contributed by atoms with E-state index in [4.69, 9.17) is 0 Å². The van der Waals surface area contributed by atoms with Gasteiger partial charge in [0.25, 0.3) is 0 Å². The maximum Gasteiger partial charge on any atom is -0.147 e. The molecule has 0 spiro atoms. The van der Waals surface area contributed by atoms with Crippen LogP contribution in [0.25, 0.3) is 0 Å². The van der Waals surface area contributed by atoms with Gasteiger partial charge in [-0.05, 0) is 0 Å². The maximum absolute atomic E-state index is 2.58. The Morgan fingerprint density at radius 2 is 1.18 bits per heavy atom. The van der Waals surface area contributed by atoms with Gasteiger partial charge in [0.05, 0.1) is 0 Å². The Hall–Kier alpha value is 0.640. The fourth-order valence-electron chi connectivity index (χ4n) is 3.40. The average molecular weight is 437 g/mol. The number of allylic oxidation sites excluding steroid dienone is 8. The molecule has 2 aliphatic rings. The number of hydrogen-bond donors (Lipinski definition) is 0. The molecule has 0 aromatic carbocycles.